The minimum absolute atomic E-state index is 0.551. The summed E-state index contributed by atoms with van der Waals surface area (Å²) in [4.78, 5) is 16.0. The number of fused-ring (bicyclic) bond motifs is 12. The van der Waals surface area contributed by atoms with Gasteiger partial charge in [0.15, 0.2) is 11.6 Å². The molecule has 8 aromatic carbocycles. The van der Waals surface area contributed by atoms with Gasteiger partial charge < -0.3 is 8.98 Å². The first kappa shape index (κ1) is 31.6. The van der Waals surface area contributed by atoms with Gasteiger partial charge in [-0.25, -0.2) is 4.98 Å². The zero-order chi connectivity index (χ0) is 37.9. The van der Waals surface area contributed by atoms with Gasteiger partial charge in [-0.1, -0.05) is 121 Å². The fourth-order valence-electron chi connectivity index (χ4n) is 9.14. The third-order valence-corrected chi connectivity index (χ3v) is 12.8. The molecule has 0 saturated carbocycles. The summed E-state index contributed by atoms with van der Waals surface area (Å²) in [5, 5.41) is 9.23. The topological polar surface area (TPSA) is 61.7 Å². The Morgan fingerprint density at radius 1 is 0.397 bits per heavy atom. The maximum atomic E-state index is 6.57. The molecule has 0 aliphatic rings. The average Bonchev–Trinajstić information content (AvgIpc) is 4.04. The molecule has 0 N–H and O–H groups in total. The van der Waals surface area contributed by atoms with Gasteiger partial charge in [-0.2, -0.15) is 9.97 Å². The van der Waals surface area contributed by atoms with Gasteiger partial charge in [0.2, 0.25) is 5.95 Å². The number of hydrogen-bond acceptors (Lipinski definition) is 5. The highest BCUT2D eigenvalue weighted by Crippen LogP contribution is 2.44. The monoisotopic (exact) mass is 759 g/mol. The van der Waals surface area contributed by atoms with Crippen molar-refractivity contribution in [3.8, 4) is 34.4 Å². The Balaban J connectivity index is 1.11. The van der Waals surface area contributed by atoms with Crippen LogP contribution in [0.1, 0.15) is 0 Å². The van der Waals surface area contributed by atoms with Crippen LogP contribution in [0.2, 0.25) is 0 Å². The molecule has 270 valence electrons. The minimum Gasteiger partial charge on any atom is -0.455 e. The van der Waals surface area contributed by atoms with Gasteiger partial charge in [0.05, 0.1) is 33.3 Å². The number of aromatic nitrogens is 5. The highest BCUT2D eigenvalue weighted by Gasteiger charge is 2.23. The molecule has 0 aliphatic carbocycles. The summed E-state index contributed by atoms with van der Waals surface area (Å²) in [6, 6.07) is 61.8. The molecule has 0 unspecified atom stereocenters. The van der Waals surface area contributed by atoms with Gasteiger partial charge >= 0.3 is 0 Å². The molecule has 7 heteroatoms. The van der Waals surface area contributed by atoms with E-state index in [0.29, 0.717) is 17.6 Å². The second kappa shape index (κ2) is 11.9. The lowest BCUT2D eigenvalue weighted by atomic mass is 10.1. The second-order valence-electron chi connectivity index (χ2n) is 14.7. The van der Waals surface area contributed by atoms with Crippen LogP contribution in [-0.4, -0.2) is 24.1 Å². The Bertz CT molecular complexity index is 3720. The van der Waals surface area contributed by atoms with E-state index in [0.717, 1.165) is 70.6 Å². The van der Waals surface area contributed by atoms with E-state index in [-0.39, 0.29) is 0 Å². The number of rotatable bonds is 4. The molecule has 0 atom stereocenters. The third kappa shape index (κ3) is 4.39. The van der Waals surface area contributed by atoms with Crippen LogP contribution in [0.5, 0.6) is 0 Å². The zero-order valence-corrected chi connectivity index (χ0v) is 31.6. The normalized spacial score (nSPS) is 12.1. The predicted molar refractivity (Wildman–Crippen MR) is 240 cm³/mol. The summed E-state index contributed by atoms with van der Waals surface area (Å²) in [7, 11) is 0. The summed E-state index contributed by atoms with van der Waals surface area (Å²) in [6.07, 6.45) is 0. The first-order valence-electron chi connectivity index (χ1n) is 19.4. The number of furan rings is 1. The second-order valence-corrected chi connectivity index (χ2v) is 15.8. The fourth-order valence-corrected chi connectivity index (χ4v) is 10.4. The summed E-state index contributed by atoms with van der Waals surface area (Å²) in [5.41, 5.74) is 8.94. The standard InChI is InChI=1S/C51H29N5OS/c1-6-23-39-30(14-1)31-15-2-7-24-40(31)55(39)43-27-13-29-45-46(43)36-20-12-22-38(48(36)58-45)50-52-49(37-21-11-19-35-34-18-5-10-28-44(34)57-47(35)37)53-51(54-50)56-41-25-8-3-16-32(41)33-17-4-9-26-42(33)56/h1-29H. The molecule has 13 rings (SSSR count). The molecule has 0 spiro atoms. The van der Waals surface area contributed by atoms with E-state index in [1.54, 1.807) is 11.3 Å². The van der Waals surface area contributed by atoms with E-state index in [1.807, 2.05) is 18.2 Å². The van der Waals surface area contributed by atoms with Crippen molar-refractivity contribution in [2.45, 2.75) is 0 Å². The Morgan fingerprint density at radius 2 is 0.897 bits per heavy atom. The Kier molecular flexibility index (Phi) is 6.50. The molecule has 0 radical (unpaired) electrons. The van der Waals surface area contributed by atoms with Crippen LogP contribution in [0, 0.1) is 0 Å². The number of thiophene rings is 1. The van der Waals surface area contributed by atoms with Crippen LogP contribution in [-0.2, 0) is 0 Å². The highest BCUT2D eigenvalue weighted by molar-refractivity contribution is 7.26. The van der Waals surface area contributed by atoms with E-state index >= 15 is 0 Å². The molecular formula is C51H29N5OS. The molecule has 0 fully saturated rings. The van der Waals surface area contributed by atoms with Crippen LogP contribution in [0.4, 0.5) is 0 Å². The first-order chi connectivity index (χ1) is 28.8. The van der Waals surface area contributed by atoms with E-state index in [4.69, 9.17) is 19.4 Å². The summed E-state index contributed by atoms with van der Waals surface area (Å²) in [5.74, 6) is 1.70. The number of benzene rings is 8. The van der Waals surface area contributed by atoms with Crippen molar-refractivity contribution in [1.29, 1.82) is 0 Å². The fraction of sp³-hybridized carbons (Fsp3) is 0. The van der Waals surface area contributed by atoms with Gasteiger partial charge in [-0.05, 0) is 54.6 Å². The summed E-state index contributed by atoms with van der Waals surface area (Å²) in [6.45, 7) is 0. The van der Waals surface area contributed by atoms with Gasteiger partial charge in [-0.3, -0.25) is 4.57 Å². The first-order valence-corrected chi connectivity index (χ1v) is 20.2. The van der Waals surface area contributed by atoms with Crippen molar-refractivity contribution in [3.63, 3.8) is 0 Å². The van der Waals surface area contributed by atoms with E-state index < -0.39 is 0 Å². The van der Waals surface area contributed by atoms with Gasteiger partial charge in [0.1, 0.15) is 11.2 Å². The Hall–Kier alpha value is -7.61. The van der Waals surface area contributed by atoms with Crippen molar-refractivity contribution in [3.05, 3.63) is 176 Å². The van der Waals surface area contributed by atoms with Gasteiger partial charge in [0, 0.05) is 58.1 Å². The lowest BCUT2D eigenvalue weighted by Crippen LogP contribution is -2.06. The van der Waals surface area contributed by atoms with Crippen LogP contribution in [0.25, 0.3) is 120 Å². The molecule has 0 saturated heterocycles. The lowest BCUT2D eigenvalue weighted by molar-refractivity contribution is 0.669. The minimum atomic E-state index is 0.551. The molecule has 13 aromatic rings. The van der Waals surface area contributed by atoms with Crippen molar-refractivity contribution in [2.75, 3.05) is 0 Å². The van der Waals surface area contributed by atoms with Crippen molar-refractivity contribution >= 4 is 97.1 Å². The van der Waals surface area contributed by atoms with Crippen LogP contribution >= 0.6 is 11.3 Å². The largest absolute Gasteiger partial charge is 0.455 e. The molecular weight excluding hydrogens is 731 g/mol. The Labute approximate surface area is 334 Å². The molecule has 58 heavy (non-hydrogen) atoms. The van der Waals surface area contributed by atoms with Crippen LogP contribution in [0.15, 0.2) is 180 Å². The lowest BCUT2D eigenvalue weighted by Gasteiger charge is -2.12. The number of hydrogen-bond donors (Lipinski definition) is 0. The third-order valence-electron chi connectivity index (χ3n) is 11.6. The predicted octanol–water partition coefficient (Wildman–Crippen LogP) is 13.7. The maximum Gasteiger partial charge on any atom is 0.238 e. The quantitative estimate of drug-likeness (QED) is 0.179. The summed E-state index contributed by atoms with van der Waals surface area (Å²) < 4.78 is 13.5. The zero-order valence-electron chi connectivity index (χ0n) is 30.8. The SMILES string of the molecule is c1ccc2c(c1)oc1c(-c3nc(-c4cccc5c4sc4cccc(-n6c7ccccc7c7ccccc76)c45)nc(-n4c5ccccc5c5ccccc54)n3)cccc12. The molecule has 5 aromatic heterocycles. The smallest absolute Gasteiger partial charge is 0.238 e. The van der Waals surface area contributed by atoms with Crippen LogP contribution in [0.3, 0.4) is 0 Å². The molecule has 0 bridgehead atoms. The number of nitrogens with zero attached hydrogens (tertiary/aromatic N) is 5. The molecule has 5 heterocycles. The molecule has 0 aliphatic heterocycles. The van der Waals surface area contributed by atoms with Crippen molar-refractivity contribution in [2.24, 2.45) is 0 Å². The van der Waals surface area contributed by atoms with Gasteiger partial charge in [-0.15, -0.1) is 11.3 Å². The van der Waals surface area contributed by atoms with E-state index in [9.17, 15) is 0 Å². The summed E-state index contributed by atoms with van der Waals surface area (Å²) >= 11 is 1.78. The maximum absolute atomic E-state index is 6.57. The molecule has 6 nitrogen and oxygen atoms in total. The van der Waals surface area contributed by atoms with E-state index in [1.165, 1.54) is 31.9 Å². The van der Waals surface area contributed by atoms with Crippen LogP contribution < -0.4 is 0 Å². The average molecular weight is 760 g/mol. The molecule has 0 amide bonds. The van der Waals surface area contributed by atoms with Gasteiger partial charge in [0.25, 0.3) is 0 Å². The highest BCUT2D eigenvalue weighted by atomic mass is 32.1. The Morgan fingerprint density at radius 3 is 1.55 bits per heavy atom. The number of para-hydroxylation sites is 6. The van der Waals surface area contributed by atoms with E-state index in [2.05, 4.69) is 167 Å². The van der Waals surface area contributed by atoms with Crippen molar-refractivity contribution < 1.29 is 4.42 Å². The van der Waals surface area contributed by atoms with Crippen molar-refractivity contribution in [1.82, 2.24) is 24.1 Å².